The van der Waals surface area contributed by atoms with E-state index in [1.54, 1.807) is 6.20 Å². The van der Waals surface area contributed by atoms with E-state index in [2.05, 4.69) is 15.3 Å². The summed E-state index contributed by atoms with van der Waals surface area (Å²) in [6.07, 6.45) is 6.00. The van der Waals surface area contributed by atoms with Crippen LogP contribution in [0.2, 0.25) is 0 Å². The Bertz CT molecular complexity index is 639. The summed E-state index contributed by atoms with van der Waals surface area (Å²) in [5.41, 5.74) is 1.06. The van der Waals surface area contributed by atoms with Crippen molar-refractivity contribution >= 4 is 5.91 Å². The summed E-state index contributed by atoms with van der Waals surface area (Å²) in [5.74, 6) is 0.0866. The Labute approximate surface area is 143 Å². The van der Waals surface area contributed by atoms with Gasteiger partial charge in [-0.3, -0.25) is 14.4 Å². The Balaban J connectivity index is 1.84. The lowest BCUT2D eigenvalue weighted by Gasteiger charge is -2.33. The molecule has 2 aromatic rings. The summed E-state index contributed by atoms with van der Waals surface area (Å²) in [4.78, 5) is 15.3. The van der Waals surface area contributed by atoms with Gasteiger partial charge in [0.2, 0.25) is 5.91 Å². The van der Waals surface area contributed by atoms with E-state index in [1.807, 2.05) is 61.1 Å². The van der Waals surface area contributed by atoms with Gasteiger partial charge in [0.05, 0.1) is 6.54 Å². The molecule has 1 fully saturated rings. The van der Waals surface area contributed by atoms with Gasteiger partial charge in [-0.05, 0) is 44.9 Å². The molecule has 1 N–H and O–H groups in total. The van der Waals surface area contributed by atoms with Crippen LogP contribution < -0.4 is 5.32 Å². The summed E-state index contributed by atoms with van der Waals surface area (Å²) in [6.45, 7) is 5.78. The number of hydrogen-bond acceptors (Lipinski definition) is 3. The first-order valence-corrected chi connectivity index (χ1v) is 8.73. The molecule has 1 saturated heterocycles. The topological polar surface area (TPSA) is 50.2 Å². The third kappa shape index (κ3) is 3.85. The number of benzene rings is 1. The van der Waals surface area contributed by atoms with Crippen LogP contribution in [-0.4, -0.2) is 39.2 Å². The Kier molecular flexibility index (Phi) is 5.30. The van der Waals surface area contributed by atoms with E-state index < -0.39 is 0 Å². The molecule has 0 spiro atoms. The van der Waals surface area contributed by atoms with Crippen molar-refractivity contribution < 1.29 is 4.79 Å². The highest BCUT2D eigenvalue weighted by Crippen LogP contribution is 2.30. The van der Waals surface area contributed by atoms with Gasteiger partial charge in [-0.2, -0.15) is 5.10 Å². The molecule has 2 atom stereocenters. The zero-order valence-corrected chi connectivity index (χ0v) is 14.4. The molecule has 5 nitrogen and oxygen atoms in total. The van der Waals surface area contributed by atoms with Gasteiger partial charge in [0.15, 0.2) is 0 Å². The number of carbonyl (C=O) groups is 1. The molecule has 1 aromatic carbocycles. The molecule has 1 aliphatic heterocycles. The fourth-order valence-corrected chi connectivity index (χ4v) is 3.51. The molecular weight excluding hydrogens is 300 g/mol. The lowest BCUT2D eigenvalue weighted by Crippen LogP contribution is -2.45. The summed E-state index contributed by atoms with van der Waals surface area (Å²) in [5, 5.41) is 7.42. The fourth-order valence-electron chi connectivity index (χ4n) is 3.51. The first-order chi connectivity index (χ1) is 11.6. The average molecular weight is 326 g/mol. The zero-order chi connectivity index (χ0) is 16.9. The minimum absolute atomic E-state index is 0.0866. The monoisotopic (exact) mass is 326 g/mol. The van der Waals surface area contributed by atoms with E-state index in [1.165, 1.54) is 0 Å². The SMILES string of the molecule is CC(C)NC(=O)[C@@H](c1ccccc1)N1CCC[C@@H]1Cn1cccn1. The molecule has 128 valence electrons. The predicted molar refractivity (Wildman–Crippen MR) is 94.4 cm³/mol. The van der Waals surface area contributed by atoms with Gasteiger partial charge >= 0.3 is 0 Å². The lowest BCUT2D eigenvalue weighted by molar-refractivity contribution is -0.127. The van der Waals surface area contributed by atoms with E-state index in [0.29, 0.717) is 6.04 Å². The molecule has 1 amide bonds. The minimum Gasteiger partial charge on any atom is -0.352 e. The largest absolute Gasteiger partial charge is 0.352 e. The van der Waals surface area contributed by atoms with E-state index >= 15 is 0 Å². The molecule has 3 rings (SSSR count). The van der Waals surface area contributed by atoms with Crippen LogP contribution in [-0.2, 0) is 11.3 Å². The highest BCUT2D eigenvalue weighted by Gasteiger charge is 2.36. The predicted octanol–water partition coefficient (Wildman–Crippen LogP) is 2.61. The van der Waals surface area contributed by atoms with Gasteiger partial charge in [-0.15, -0.1) is 0 Å². The number of hydrogen-bond donors (Lipinski definition) is 1. The van der Waals surface area contributed by atoms with Gasteiger partial charge in [-0.1, -0.05) is 30.3 Å². The Morgan fingerprint density at radius 2 is 2.08 bits per heavy atom. The number of nitrogens with one attached hydrogen (secondary N) is 1. The number of amides is 1. The lowest BCUT2D eigenvalue weighted by atomic mass is 10.0. The molecule has 1 aliphatic rings. The van der Waals surface area contributed by atoms with Crippen LogP contribution in [0.4, 0.5) is 0 Å². The first-order valence-electron chi connectivity index (χ1n) is 8.73. The Morgan fingerprint density at radius 1 is 1.29 bits per heavy atom. The molecule has 2 heterocycles. The minimum atomic E-state index is -0.239. The van der Waals surface area contributed by atoms with Crippen LogP contribution in [0.3, 0.4) is 0 Å². The normalized spacial score (nSPS) is 19.5. The highest BCUT2D eigenvalue weighted by atomic mass is 16.2. The summed E-state index contributed by atoms with van der Waals surface area (Å²) in [7, 11) is 0. The second-order valence-electron chi connectivity index (χ2n) is 6.74. The maximum Gasteiger partial charge on any atom is 0.242 e. The molecule has 0 radical (unpaired) electrons. The molecule has 0 saturated carbocycles. The van der Waals surface area contributed by atoms with Gasteiger partial charge in [0, 0.05) is 24.5 Å². The van der Waals surface area contributed by atoms with Crippen molar-refractivity contribution in [1.29, 1.82) is 0 Å². The number of aromatic nitrogens is 2. The standard InChI is InChI=1S/C19H26N4O/c1-15(2)21-19(24)18(16-8-4-3-5-9-16)23-13-6-10-17(23)14-22-12-7-11-20-22/h3-5,7-9,11-12,15,17-18H,6,10,13-14H2,1-2H3,(H,21,24)/t17-,18-/m1/s1. The van der Waals surface area contributed by atoms with Gasteiger partial charge in [0.25, 0.3) is 0 Å². The Hall–Kier alpha value is -2.14. The van der Waals surface area contributed by atoms with Crippen LogP contribution in [0.15, 0.2) is 48.8 Å². The van der Waals surface area contributed by atoms with Crippen LogP contribution in [0, 0.1) is 0 Å². The second kappa shape index (κ2) is 7.62. The maximum absolute atomic E-state index is 12.9. The maximum atomic E-state index is 12.9. The van der Waals surface area contributed by atoms with E-state index in [-0.39, 0.29) is 18.0 Å². The number of carbonyl (C=O) groups excluding carboxylic acids is 1. The molecule has 0 aliphatic carbocycles. The third-order valence-electron chi connectivity index (χ3n) is 4.51. The smallest absolute Gasteiger partial charge is 0.242 e. The number of nitrogens with zero attached hydrogens (tertiary/aromatic N) is 3. The fraction of sp³-hybridized carbons (Fsp3) is 0.474. The van der Waals surface area contributed by atoms with Crippen LogP contribution in [0.25, 0.3) is 0 Å². The molecule has 0 bridgehead atoms. The van der Waals surface area contributed by atoms with Crippen molar-refractivity contribution in [3.8, 4) is 0 Å². The Morgan fingerprint density at radius 3 is 2.75 bits per heavy atom. The van der Waals surface area contributed by atoms with Crippen molar-refractivity contribution in [2.45, 2.75) is 51.4 Å². The van der Waals surface area contributed by atoms with Gasteiger partial charge in [0.1, 0.15) is 6.04 Å². The molecular formula is C19H26N4O. The van der Waals surface area contributed by atoms with Crippen molar-refractivity contribution in [3.63, 3.8) is 0 Å². The quantitative estimate of drug-likeness (QED) is 0.888. The molecule has 0 unspecified atom stereocenters. The van der Waals surface area contributed by atoms with E-state index in [4.69, 9.17) is 0 Å². The van der Waals surface area contributed by atoms with Crippen LogP contribution in [0.1, 0.15) is 38.3 Å². The van der Waals surface area contributed by atoms with Crippen LogP contribution in [0.5, 0.6) is 0 Å². The van der Waals surface area contributed by atoms with Crippen LogP contribution >= 0.6 is 0 Å². The number of rotatable bonds is 6. The second-order valence-corrected chi connectivity index (χ2v) is 6.74. The number of likely N-dealkylation sites (tertiary alicyclic amines) is 1. The summed E-state index contributed by atoms with van der Waals surface area (Å²) < 4.78 is 1.96. The molecule has 24 heavy (non-hydrogen) atoms. The van der Waals surface area contributed by atoms with Gasteiger partial charge < -0.3 is 5.32 Å². The summed E-state index contributed by atoms with van der Waals surface area (Å²) >= 11 is 0. The zero-order valence-electron chi connectivity index (χ0n) is 14.4. The summed E-state index contributed by atoms with van der Waals surface area (Å²) in [6, 6.07) is 12.3. The average Bonchev–Trinajstić information content (AvgIpc) is 3.21. The van der Waals surface area contributed by atoms with Crippen molar-refractivity contribution in [1.82, 2.24) is 20.0 Å². The van der Waals surface area contributed by atoms with Gasteiger partial charge in [-0.25, -0.2) is 0 Å². The van der Waals surface area contributed by atoms with Crippen molar-refractivity contribution in [2.24, 2.45) is 0 Å². The molecule has 1 aromatic heterocycles. The van der Waals surface area contributed by atoms with E-state index in [0.717, 1.165) is 31.5 Å². The molecule has 5 heteroatoms. The van der Waals surface area contributed by atoms with Crippen molar-refractivity contribution in [3.05, 3.63) is 54.4 Å². The van der Waals surface area contributed by atoms with E-state index in [9.17, 15) is 4.79 Å². The van der Waals surface area contributed by atoms with Crippen molar-refractivity contribution in [2.75, 3.05) is 6.54 Å². The first kappa shape index (κ1) is 16.7. The highest BCUT2D eigenvalue weighted by molar-refractivity contribution is 5.83. The third-order valence-corrected chi connectivity index (χ3v) is 4.51.